The Balaban J connectivity index is 1.77. The maximum Gasteiger partial charge on any atom is 0.334 e. The molecule has 1 fully saturated rings. The van der Waals surface area contributed by atoms with Crippen molar-refractivity contribution in [3.63, 3.8) is 0 Å². The van der Waals surface area contributed by atoms with Gasteiger partial charge < -0.3 is 14.4 Å². The van der Waals surface area contributed by atoms with E-state index in [9.17, 15) is 9.59 Å². The Hall–Kier alpha value is -3.01. The van der Waals surface area contributed by atoms with Gasteiger partial charge in [0.05, 0.1) is 22.3 Å². The highest BCUT2D eigenvalue weighted by molar-refractivity contribution is 6.37. The smallest absolute Gasteiger partial charge is 0.334 e. The molecule has 1 atom stereocenters. The fourth-order valence-corrected chi connectivity index (χ4v) is 5.43. The molecule has 8 heteroatoms. The number of ether oxygens (including phenoxy) is 2. The van der Waals surface area contributed by atoms with Gasteiger partial charge in [-0.15, -0.1) is 6.42 Å². The maximum atomic E-state index is 14.3. The van der Waals surface area contributed by atoms with E-state index >= 15 is 0 Å². The number of hydrogen-bond acceptors (Lipinski definition) is 5. The molecule has 0 N–H and O–H groups in total. The third kappa shape index (κ3) is 6.51. The molecule has 1 amide bonds. The van der Waals surface area contributed by atoms with Crippen molar-refractivity contribution in [2.75, 3.05) is 4.90 Å². The van der Waals surface area contributed by atoms with Crippen LogP contribution in [-0.2, 0) is 20.9 Å². The lowest BCUT2D eigenvalue weighted by atomic mass is 9.90. The minimum absolute atomic E-state index is 0.0778. The number of amides is 1. The number of halogens is 2. The number of esters is 1. The lowest BCUT2D eigenvalue weighted by Crippen LogP contribution is -2.34. The van der Waals surface area contributed by atoms with Crippen LogP contribution in [0.25, 0.3) is 0 Å². The van der Waals surface area contributed by atoms with Crippen LogP contribution in [0.1, 0.15) is 69.4 Å². The van der Waals surface area contributed by atoms with Crippen molar-refractivity contribution in [1.82, 2.24) is 4.98 Å². The summed E-state index contributed by atoms with van der Waals surface area (Å²) in [5.74, 6) is 2.15. The van der Waals surface area contributed by atoms with E-state index in [1.54, 1.807) is 30.3 Å². The summed E-state index contributed by atoms with van der Waals surface area (Å²) < 4.78 is 11.6. The van der Waals surface area contributed by atoms with Gasteiger partial charge in [0.1, 0.15) is 11.9 Å². The molecular formula is C30H32Cl2N2O4. The molecule has 200 valence electrons. The zero-order valence-corrected chi connectivity index (χ0v) is 23.3. The van der Waals surface area contributed by atoms with Gasteiger partial charge in [0.2, 0.25) is 0 Å². The Bertz CT molecular complexity index is 1280. The highest BCUT2D eigenvalue weighted by Crippen LogP contribution is 2.39. The second-order valence-corrected chi connectivity index (χ2v) is 10.6. The van der Waals surface area contributed by atoms with Gasteiger partial charge in [-0.25, -0.2) is 4.79 Å². The largest absolute Gasteiger partial charge is 0.476 e. The molecule has 0 spiro atoms. The predicted molar refractivity (Wildman–Crippen MR) is 149 cm³/mol. The standard InChI is InChI=1S/C30H32Cl2N2O4/c1-4-20(3)37-28-16-27(25(31)15-26(28)32)34(18-21-17-33-14-13-19(21)2)29(35)23-11-7-8-12-24(23)30(36)38-22-9-5-6-10-22/h1,13-17,20,22H,5-12,18H2,2-3H3. The zero-order chi connectivity index (χ0) is 27.2. The van der Waals surface area contributed by atoms with E-state index in [1.807, 2.05) is 13.0 Å². The molecule has 1 unspecified atom stereocenters. The third-order valence-corrected chi connectivity index (χ3v) is 7.70. The summed E-state index contributed by atoms with van der Waals surface area (Å²) in [6, 6.07) is 5.05. The van der Waals surface area contributed by atoms with Crippen LogP contribution in [0.4, 0.5) is 5.69 Å². The minimum Gasteiger partial charge on any atom is -0.476 e. The van der Waals surface area contributed by atoms with Gasteiger partial charge in [-0.3, -0.25) is 9.78 Å². The molecular weight excluding hydrogens is 523 g/mol. The van der Waals surface area contributed by atoms with Crippen LogP contribution in [0.3, 0.4) is 0 Å². The third-order valence-electron chi connectivity index (χ3n) is 7.10. The Labute approximate surface area is 234 Å². The van der Waals surface area contributed by atoms with Gasteiger partial charge in [-0.1, -0.05) is 29.1 Å². The lowest BCUT2D eigenvalue weighted by molar-refractivity contribution is -0.144. The Morgan fingerprint density at radius 1 is 1.13 bits per heavy atom. The van der Waals surface area contributed by atoms with E-state index < -0.39 is 6.10 Å². The number of carbonyl (C=O) groups is 2. The molecule has 4 rings (SSSR count). The summed E-state index contributed by atoms with van der Waals surface area (Å²) in [7, 11) is 0. The maximum absolute atomic E-state index is 14.3. The number of pyridine rings is 1. The van der Waals surface area contributed by atoms with Gasteiger partial charge in [-0.2, -0.15) is 0 Å². The highest BCUT2D eigenvalue weighted by atomic mass is 35.5. The second-order valence-electron chi connectivity index (χ2n) is 9.83. The van der Waals surface area contributed by atoms with Gasteiger partial charge in [0, 0.05) is 29.6 Å². The van der Waals surface area contributed by atoms with E-state index in [2.05, 4.69) is 10.9 Å². The fraction of sp³-hybridized carbons (Fsp3) is 0.433. The zero-order valence-electron chi connectivity index (χ0n) is 21.8. The van der Waals surface area contributed by atoms with Gasteiger partial charge in [0.25, 0.3) is 5.91 Å². The molecule has 1 saturated carbocycles. The van der Waals surface area contributed by atoms with E-state index in [4.69, 9.17) is 39.1 Å². The van der Waals surface area contributed by atoms with Crippen LogP contribution in [0, 0.1) is 19.3 Å². The lowest BCUT2D eigenvalue weighted by Gasteiger charge is -2.29. The van der Waals surface area contributed by atoms with E-state index in [0.29, 0.717) is 35.4 Å². The number of benzene rings is 1. The first kappa shape index (κ1) is 28.0. The van der Waals surface area contributed by atoms with E-state index in [-0.39, 0.29) is 34.6 Å². The first-order valence-corrected chi connectivity index (χ1v) is 13.8. The molecule has 0 saturated heterocycles. The molecule has 1 aromatic heterocycles. The average molecular weight is 556 g/mol. The summed E-state index contributed by atoms with van der Waals surface area (Å²) in [6.07, 6.45) is 14.8. The first-order chi connectivity index (χ1) is 18.3. The number of carbonyl (C=O) groups excluding carboxylic acids is 2. The Kier molecular flexibility index (Phi) is 9.35. The summed E-state index contributed by atoms with van der Waals surface area (Å²) in [6.45, 7) is 3.87. The van der Waals surface area contributed by atoms with Crippen LogP contribution in [0.15, 0.2) is 41.7 Å². The van der Waals surface area contributed by atoms with Gasteiger partial charge >= 0.3 is 5.97 Å². The van der Waals surface area contributed by atoms with Crippen molar-refractivity contribution in [3.05, 3.63) is 62.9 Å². The van der Waals surface area contributed by atoms with Crippen LogP contribution >= 0.6 is 23.2 Å². The van der Waals surface area contributed by atoms with Crippen molar-refractivity contribution in [3.8, 4) is 18.1 Å². The number of aromatic nitrogens is 1. The van der Waals surface area contributed by atoms with Crippen LogP contribution in [0.5, 0.6) is 5.75 Å². The molecule has 0 aliphatic heterocycles. The number of hydrogen-bond donors (Lipinski definition) is 0. The normalized spacial score (nSPS) is 16.6. The number of anilines is 1. The molecule has 0 radical (unpaired) electrons. The van der Waals surface area contributed by atoms with E-state index in [1.165, 1.54) is 6.07 Å². The SMILES string of the molecule is C#CC(C)Oc1cc(N(Cc2cnccc2C)C(=O)C2=C(C(=O)OC3CCCC3)CCCC2)c(Cl)cc1Cl. The van der Waals surface area contributed by atoms with Crippen molar-refractivity contribution in [1.29, 1.82) is 0 Å². The number of rotatable bonds is 8. The molecule has 1 heterocycles. The van der Waals surface area contributed by atoms with Crippen LogP contribution < -0.4 is 9.64 Å². The quantitative estimate of drug-likeness (QED) is 0.260. The van der Waals surface area contributed by atoms with E-state index in [0.717, 1.165) is 49.7 Å². The van der Waals surface area contributed by atoms with Crippen molar-refractivity contribution < 1.29 is 19.1 Å². The molecule has 2 aliphatic carbocycles. The first-order valence-electron chi connectivity index (χ1n) is 13.0. The average Bonchev–Trinajstić information content (AvgIpc) is 3.42. The fourth-order valence-electron chi connectivity index (χ4n) is 4.90. The van der Waals surface area contributed by atoms with Gasteiger partial charge in [-0.05, 0) is 88.5 Å². The number of nitrogens with zero attached hydrogens (tertiary/aromatic N) is 2. The summed E-state index contributed by atoms with van der Waals surface area (Å²) in [5.41, 5.74) is 3.15. The molecule has 2 aliphatic rings. The predicted octanol–water partition coefficient (Wildman–Crippen LogP) is 6.99. The second kappa shape index (κ2) is 12.7. The molecule has 1 aromatic carbocycles. The number of aryl methyl sites for hydroxylation is 1. The number of terminal acetylenes is 1. The molecule has 6 nitrogen and oxygen atoms in total. The molecule has 38 heavy (non-hydrogen) atoms. The minimum atomic E-state index is -0.538. The summed E-state index contributed by atoms with van der Waals surface area (Å²) in [4.78, 5) is 33.3. The van der Waals surface area contributed by atoms with Crippen molar-refractivity contribution in [2.45, 2.75) is 84.0 Å². The summed E-state index contributed by atoms with van der Waals surface area (Å²) in [5, 5.41) is 0.556. The molecule has 2 aromatic rings. The molecule has 0 bridgehead atoms. The van der Waals surface area contributed by atoms with Crippen molar-refractivity contribution >= 4 is 40.8 Å². The van der Waals surface area contributed by atoms with Crippen LogP contribution in [0.2, 0.25) is 10.0 Å². The monoisotopic (exact) mass is 554 g/mol. The van der Waals surface area contributed by atoms with Crippen molar-refractivity contribution in [2.24, 2.45) is 0 Å². The van der Waals surface area contributed by atoms with Gasteiger partial charge in [0.15, 0.2) is 6.10 Å². The Morgan fingerprint density at radius 3 is 2.53 bits per heavy atom. The topological polar surface area (TPSA) is 68.7 Å². The Morgan fingerprint density at radius 2 is 1.84 bits per heavy atom. The highest BCUT2D eigenvalue weighted by Gasteiger charge is 2.32. The summed E-state index contributed by atoms with van der Waals surface area (Å²) >= 11 is 13.1. The van der Waals surface area contributed by atoms with Crippen LogP contribution in [-0.4, -0.2) is 29.1 Å².